The molecule has 5 heteroatoms. The zero-order valence-corrected chi connectivity index (χ0v) is 14.1. The average molecular weight is 317 g/mol. The number of ether oxygens (including phenoxy) is 1. The Bertz CT molecular complexity index is 537. The summed E-state index contributed by atoms with van der Waals surface area (Å²) < 4.78 is 5.89. The Morgan fingerprint density at radius 2 is 2.09 bits per heavy atom. The van der Waals surface area contributed by atoms with Crippen molar-refractivity contribution in [1.29, 1.82) is 0 Å². The zero-order valence-electron chi connectivity index (χ0n) is 14.1. The molecule has 1 aromatic rings. The number of carbonyl (C=O) groups excluding carboxylic acids is 1. The molecule has 2 fully saturated rings. The molecule has 2 saturated heterocycles. The van der Waals surface area contributed by atoms with Gasteiger partial charge < -0.3 is 15.0 Å². The number of benzene rings is 1. The monoisotopic (exact) mass is 317 g/mol. The Balaban J connectivity index is 1.36. The normalized spacial score (nSPS) is 20.2. The third kappa shape index (κ3) is 4.16. The lowest BCUT2D eigenvalue weighted by atomic mass is 10.1. The Morgan fingerprint density at radius 3 is 2.78 bits per heavy atom. The van der Waals surface area contributed by atoms with Crippen molar-refractivity contribution in [3.8, 4) is 5.75 Å². The molecule has 1 N–H and O–H groups in total. The summed E-state index contributed by atoms with van der Waals surface area (Å²) in [6, 6.07) is 8.48. The van der Waals surface area contributed by atoms with E-state index in [0.717, 1.165) is 25.4 Å². The molecule has 0 aliphatic carbocycles. The second-order valence-corrected chi connectivity index (χ2v) is 6.74. The van der Waals surface area contributed by atoms with Crippen LogP contribution in [0.15, 0.2) is 24.3 Å². The lowest BCUT2D eigenvalue weighted by Gasteiger charge is -2.39. The number of hydrogen-bond donors (Lipinski definition) is 1. The van der Waals surface area contributed by atoms with Crippen LogP contribution in [0, 0.1) is 6.92 Å². The Labute approximate surface area is 138 Å². The summed E-state index contributed by atoms with van der Waals surface area (Å²) in [4.78, 5) is 16.4. The van der Waals surface area contributed by atoms with Crippen LogP contribution in [0.25, 0.3) is 0 Å². The van der Waals surface area contributed by atoms with Crippen molar-refractivity contribution in [2.45, 2.75) is 38.8 Å². The number of likely N-dealkylation sites (tertiary alicyclic amines) is 2. The first-order valence-corrected chi connectivity index (χ1v) is 8.62. The van der Waals surface area contributed by atoms with E-state index in [1.54, 1.807) is 0 Å². The SMILES string of the molecule is Cc1cccc(OC2CN(C(=O)NC[C@H](C)N3CCCC3)C2)c1. The molecule has 1 aromatic carbocycles. The third-order valence-electron chi connectivity index (χ3n) is 4.74. The summed E-state index contributed by atoms with van der Waals surface area (Å²) in [5.41, 5.74) is 1.19. The molecule has 0 aromatic heterocycles. The van der Waals surface area contributed by atoms with Crippen LogP contribution >= 0.6 is 0 Å². The molecule has 5 nitrogen and oxygen atoms in total. The summed E-state index contributed by atoms with van der Waals surface area (Å²) >= 11 is 0. The van der Waals surface area contributed by atoms with Gasteiger partial charge >= 0.3 is 6.03 Å². The number of hydrogen-bond acceptors (Lipinski definition) is 3. The van der Waals surface area contributed by atoms with Crippen molar-refractivity contribution < 1.29 is 9.53 Å². The van der Waals surface area contributed by atoms with E-state index >= 15 is 0 Å². The molecule has 0 saturated carbocycles. The molecule has 0 radical (unpaired) electrons. The highest BCUT2D eigenvalue weighted by Gasteiger charge is 2.32. The summed E-state index contributed by atoms with van der Waals surface area (Å²) in [5.74, 6) is 0.887. The number of rotatable bonds is 5. The number of nitrogens with zero attached hydrogens (tertiary/aromatic N) is 2. The van der Waals surface area contributed by atoms with Crippen LogP contribution in [-0.2, 0) is 0 Å². The van der Waals surface area contributed by atoms with Crippen LogP contribution < -0.4 is 10.1 Å². The van der Waals surface area contributed by atoms with Crippen LogP contribution in [0.1, 0.15) is 25.3 Å². The van der Waals surface area contributed by atoms with Crippen molar-refractivity contribution in [1.82, 2.24) is 15.1 Å². The van der Waals surface area contributed by atoms with E-state index in [4.69, 9.17) is 4.74 Å². The molecular weight excluding hydrogens is 290 g/mol. The van der Waals surface area contributed by atoms with Crippen LogP contribution in [0.3, 0.4) is 0 Å². The Morgan fingerprint density at radius 1 is 1.35 bits per heavy atom. The van der Waals surface area contributed by atoms with Crippen LogP contribution in [0.5, 0.6) is 5.75 Å². The van der Waals surface area contributed by atoms with Crippen molar-refractivity contribution >= 4 is 6.03 Å². The van der Waals surface area contributed by atoms with E-state index in [-0.39, 0.29) is 12.1 Å². The van der Waals surface area contributed by atoms with E-state index in [1.165, 1.54) is 18.4 Å². The number of nitrogens with one attached hydrogen (secondary N) is 1. The number of urea groups is 1. The smallest absolute Gasteiger partial charge is 0.317 e. The molecule has 0 spiro atoms. The minimum atomic E-state index is 0.0279. The van der Waals surface area contributed by atoms with Gasteiger partial charge in [-0.15, -0.1) is 0 Å². The zero-order chi connectivity index (χ0) is 16.2. The molecule has 1 atom stereocenters. The van der Waals surface area contributed by atoms with Gasteiger partial charge in [0, 0.05) is 12.6 Å². The maximum Gasteiger partial charge on any atom is 0.317 e. The fourth-order valence-electron chi connectivity index (χ4n) is 3.22. The third-order valence-corrected chi connectivity index (χ3v) is 4.74. The highest BCUT2D eigenvalue weighted by Crippen LogP contribution is 2.19. The van der Waals surface area contributed by atoms with Crippen molar-refractivity contribution in [2.24, 2.45) is 0 Å². The molecule has 2 amide bonds. The lowest BCUT2D eigenvalue weighted by Crippen LogP contribution is -2.59. The summed E-state index contributed by atoms with van der Waals surface area (Å²) in [6.07, 6.45) is 2.67. The van der Waals surface area contributed by atoms with Crippen molar-refractivity contribution in [3.05, 3.63) is 29.8 Å². The van der Waals surface area contributed by atoms with Gasteiger partial charge in [-0.3, -0.25) is 4.90 Å². The van der Waals surface area contributed by atoms with E-state index < -0.39 is 0 Å². The largest absolute Gasteiger partial charge is 0.487 e. The molecule has 2 heterocycles. The van der Waals surface area contributed by atoms with Gasteiger partial charge in [0.2, 0.25) is 0 Å². The first kappa shape index (κ1) is 16.1. The van der Waals surface area contributed by atoms with Crippen LogP contribution in [-0.4, -0.2) is 60.7 Å². The van der Waals surface area contributed by atoms with Crippen molar-refractivity contribution in [2.75, 3.05) is 32.7 Å². The van der Waals surface area contributed by atoms with E-state index in [0.29, 0.717) is 19.1 Å². The van der Waals surface area contributed by atoms with E-state index in [9.17, 15) is 4.79 Å². The second kappa shape index (κ2) is 7.21. The highest BCUT2D eigenvalue weighted by molar-refractivity contribution is 5.75. The fraction of sp³-hybridized carbons (Fsp3) is 0.611. The predicted octanol–water partition coefficient (Wildman–Crippen LogP) is 2.25. The highest BCUT2D eigenvalue weighted by atomic mass is 16.5. The summed E-state index contributed by atoms with van der Waals surface area (Å²) in [5, 5.41) is 3.04. The molecule has 2 aliphatic rings. The molecule has 126 valence electrons. The van der Waals surface area contributed by atoms with Crippen LogP contribution in [0.4, 0.5) is 4.79 Å². The molecule has 3 rings (SSSR count). The fourth-order valence-corrected chi connectivity index (χ4v) is 3.22. The standard InChI is InChI=1S/C18H27N3O2/c1-14-6-5-7-16(10-14)23-17-12-21(13-17)18(22)19-11-15(2)20-8-3-4-9-20/h5-7,10,15,17H,3-4,8-9,11-13H2,1-2H3,(H,19,22)/t15-/m0/s1. The van der Waals surface area contributed by atoms with Gasteiger partial charge in [0.25, 0.3) is 0 Å². The maximum atomic E-state index is 12.1. The first-order valence-electron chi connectivity index (χ1n) is 8.62. The molecule has 23 heavy (non-hydrogen) atoms. The lowest BCUT2D eigenvalue weighted by molar-refractivity contribution is 0.0439. The number of aryl methyl sites for hydroxylation is 1. The van der Waals surface area contributed by atoms with Gasteiger partial charge in [-0.25, -0.2) is 4.79 Å². The molecule has 0 unspecified atom stereocenters. The second-order valence-electron chi connectivity index (χ2n) is 6.74. The first-order chi connectivity index (χ1) is 11.1. The van der Waals surface area contributed by atoms with Gasteiger partial charge in [0.1, 0.15) is 11.9 Å². The molecule has 2 aliphatic heterocycles. The predicted molar refractivity (Wildman–Crippen MR) is 90.8 cm³/mol. The summed E-state index contributed by atoms with van der Waals surface area (Å²) in [6.45, 7) is 8.61. The van der Waals surface area contributed by atoms with Gasteiger partial charge in [0.15, 0.2) is 0 Å². The number of amides is 2. The summed E-state index contributed by atoms with van der Waals surface area (Å²) in [7, 11) is 0. The topological polar surface area (TPSA) is 44.8 Å². The quantitative estimate of drug-likeness (QED) is 0.906. The Hall–Kier alpha value is -1.75. The van der Waals surface area contributed by atoms with E-state index in [1.807, 2.05) is 23.1 Å². The van der Waals surface area contributed by atoms with Gasteiger partial charge in [-0.05, 0) is 57.5 Å². The van der Waals surface area contributed by atoms with E-state index in [2.05, 4.69) is 30.1 Å². The van der Waals surface area contributed by atoms with Gasteiger partial charge in [0.05, 0.1) is 13.1 Å². The Kier molecular flexibility index (Phi) is 5.06. The average Bonchev–Trinajstić information content (AvgIpc) is 3.02. The molecular formula is C18H27N3O2. The molecule has 0 bridgehead atoms. The number of carbonyl (C=O) groups is 1. The van der Waals surface area contributed by atoms with Crippen LogP contribution in [0.2, 0.25) is 0 Å². The van der Waals surface area contributed by atoms with Crippen molar-refractivity contribution in [3.63, 3.8) is 0 Å². The van der Waals surface area contributed by atoms with Gasteiger partial charge in [-0.1, -0.05) is 12.1 Å². The minimum absolute atomic E-state index is 0.0279. The van der Waals surface area contributed by atoms with Gasteiger partial charge in [-0.2, -0.15) is 0 Å². The minimum Gasteiger partial charge on any atom is -0.487 e. The maximum absolute atomic E-state index is 12.1.